The molecule has 1 fully saturated rings. The number of amides is 1. The maximum atomic E-state index is 12.8. The lowest BCUT2D eigenvalue weighted by Gasteiger charge is -2.31. The average molecular weight is 449 g/mol. The molecule has 0 aromatic heterocycles. The first-order valence-corrected chi connectivity index (χ1v) is 11.7. The van der Waals surface area contributed by atoms with Gasteiger partial charge >= 0.3 is 0 Å². The van der Waals surface area contributed by atoms with Gasteiger partial charge in [0.1, 0.15) is 12.4 Å². The predicted molar refractivity (Wildman–Crippen MR) is 119 cm³/mol. The van der Waals surface area contributed by atoms with Gasteiger partial charge in [-0.1, -0.05) is 42.5 Å². The van der Waals surface area contributed by atoms with E-state index in [2.05, 4.69) is 11.9 Å². The number of halogens is 1. The van der Waals surface area contributed by atoms with Crippen molar-refractivity contribution >= 4 is 33.2 Å². The van der Waals surface area contributed by atoms with Crippen molar-refractivity contribution in [1.82, 2.24) is 4.31 Å². The molecule has 1 aliphatic rings. The fraction of sp³-hybridized carbons (Fsp3) is 0.318. The number of hydrogen-bond donors (Lipinski definition) is 1. The summed E-state index contributed by atoms with van der Waals surface area (Å²) >= 11 is 5.87. The molecule has 1 saturated heterocycles. The van der Waals surface area contributed by atoms with Crippen molar-refractivity contribution in [3.63, 3.8) is 0 Å². The molecule has 2 aromatic carbocycles. The standard InChI is InChI=1S/C22H25ClN2O4S/c1-2-13-29-21-7-3-6-20(14-21)24-22(26)18-5-4-12-25(15-18)30(27,28)16-17-8-10-19(23)11-9-17/h2-3,6-11,14,18H,1,4-5,12-13,15-16H2,(H,24,26)/t18-/m0/s1. The maximum Gasteiger partial charge on any atom is 0.228 e. The molecule has 0 spiro atoms. The van der Waals surface area contributed by atoms with Gasteiger partial charge in [0.15, 0.2) is 0 Å². The quantitative estimate of drug-likeness (QED) is 0.617. The zero-order chi connectivity index (χ0) is 21.6. The SMILES string of the molecule is C=CCOc1cccc(NC(=O)[C@H]2CCCN(S(=O)(=O)Cc3ccc(Cl)cc3)C2)c1. The Labute approximate surface area is 182 Å². The fourth-order valence-corrected chi connectivity index (χ4v) is 5.09. The molecule has 6 nitrogen and oxygen atoms in total. The van der Waals surface area contributed by atoms with Gasteiger partial charge in [-0.25, -0.2) is 12.7 Å². The van der Waals surface area contributed by atoms with Crippen molar-refractivity contribution in [2.45, 2.75) is 18.6 Å². The summed E-state index contributed by atoms with van der Waals surface area (Å²) in [5, 5.41) is 3.44. The molecule has 160 valence electrons. The maximum absolute atomic E-state index is 12.8. The molecular weight excluding hydrogens is 424 g/mol. The van der Waals surface area contributed by atoms with E-state index < -0.39 is 15.9 Å². The smallest absolute Gasteiger partial charge is 0.228 e. The second-order valence-corrected chi connectivity index (χ2v) is 9.60. The number of hydrogen-bond acceptors (Lipinski definition) is 4. The topological polar surface area (TPSA) is 75.7 Å². The highest BCUT2D eigenvalue weighted by molar-refractivity contribution is 7.88. The predicted octanol–water partition coefficient (Wildman–Crippen LogP) is 4.09. The summed E-state index contributed by atoms with van der Waals surface area (Å²) in [7, 11) is -3.52. The van der Waals surface area contributed by atoms with E-state index in [4.69, 9.17) is 16.3 Å². The zero-order valence-corrected chi connectivity index (χ0v) is 18.2. The molecule has 0 unspecified atom stereocenters. The van der Waals surface area contributed by atoms with E-state index in [1.54, 1.807) is 54.6 Å². The van der Waals surface area contributed by atoms with E-state index in [1.807, 2.05) is 0 Å². The number of piperidine rings is 1. The number of carbonyl (C=O) groups excluding carboxylic acids is 1. The largest absolute Gasteiger partial charge is 0.489 e. The van der Waals surface area contributed by atoms with Crippen LogP contribution < -0.4 is 10.1 Å². The highest BCUT2D eigenvalue weighted by Crippen LogP contribution is 2.24. The van der Waals surface area contributed by atoms with Gasteiger partial charge in [-0.05, 0) is 42.7 Å². The van der Waals surface area contributed by atoms with E-state index in [1.165, 1.54) is 4.31 Å². The highest BCUT2D eigenvalue weighted by Gasteiger charge is 2.32. The van der Waals surface area contributed by atoms with Gasteiger partial charge in [0, 0.05) is 29.9 Å². The van der Waals surface area contributed by atoms with Crippen molar-refractivity contribution in [2.24, 2.45) is 5.92 Å². The van der Waals surface area contributed by atoms with E-state index in [-0.39, 0.29) is 18.2 Å². The number of carbonyl (C=O) groups is 1. The summed E-state index contributed by atoms with van der Waals surface area (Å²) in [6.07, 6.45) is 2.93. The van der Waals surface area contributed by atoms with Crippen molar-refractivity contribution in [3.8, 4) is 5.75 Å². The summed E-state index contributed by atoms with van der Waals surface area (Å²) in [6, 6.07) is 13.8. The number of sulfonamides is 1. The highest BCUT2D eigenvalue weighted by atomic mass is 35.5. The molecule has 0 radical (unpaired) electrons. The number of nitrogens with one attached hydrogen (secondary N) is 1. The lowest BCUT2D eigenvalue weighted by Crippen LogP contribution is -2.44. The van der Waals surface area contributed by atoms with Gasteiger partial charge in [-0.15, -0.1) is 0 Å². The molecule has 1 aliphatic heterocycles. The second-order valence-electron chi connectivity index (χ2n) is 7.20. The van der Waals surface area contributed by atoms with Gasteiger partial charge in [0.05, 0.1) is 11.7 Å². The molecule has 0 aliphatic carbocycles. The first kappa shape index (κ1) is 22.3. The van der Waals surface area contributed by atoms with Crippen molar-refractivity contribution in [3.05, 3.63) is 71.8 Å². The number of ether oxygens (including phenoxy) is 1. The van der Waals surface area contributed by atoms with Crippen molar-refractivity contribution < 1.29 is 17.9 Å². The van der Waals surface area contributed by atoms with Crippen LogP contribution in [0.5, 0.6) is 5.75 Å². The fourth-order valence-electron chi connectivity index (χ4n) is 3.35. The van der Waals surface area contributed by atoms with Crippen LogP contribution in [0, 0.1) is 5.92 Å². The molecule has 1 heterocycles. The molecule has 30 heavy (non-hydrogen) atoms. The van der Waals surface area contributed by atoms with Crippen LogP contribution in [0.1, 0.15) is 18.4 Å². The minimum Gasteiger partial charge on any atom is -0.489 e. The van der Waals surface area contributed by atoms with Crippen LogP contribution in [0.25, 0.3) is 0 Å². The lowest BCUT2D eigenvalue weighted by molar-refractivity contribution is -0.120. The van der Waals surface area contributed by atoms with Gasteiger partial charge in [0.2, 0.25) is 15.9 Å². The molecule has 1 N–H and O–H groups in total. The van der Waals surface area contributed by atoms with Crippen LogP contribution in [0.4, 0.5) is 5.69 Å². The lowest BCUT2D eigenvalue weighted by atomic mass is 9.98. The van der Waals surface area contributed by atoms with E-state index in [0.717, 1.165) is 0 Å². The van der Waals surface area contributed by atoms with Crippen LogP contribution in [-0.4, -0.2) is 38.3 Å². The molecule has 0 saturated carbocycles. The minimum atomic E-state index is -3.52. The number of anilines is 1. The molecular formula is C22H25ClN2O4S. The van der Waals surface area contributed by atoms with Crippen LogP contribution in [0.15, 0.2) is 61.2 Å². The monoisotopic (exact) mass is 448 g/mol. The van der Waals surface area contributed by atoms with Gasteiger partial charge in [-0.3, -0.25) is 4.79 Å². The third-order valence-corrected chi connectivity index (χ3v) is 6.95. The summed E-state index contributed by atoms with van der Waals surface area (Å²) in [4.78, 5) is 12.8. The normalized spacial score (nSPS) is 17.3. The molecule has 1 amide bonds. The molecule has 2 aromatic rings. The Kier molecular flexibility index (Phi) is 7.53. The summed E-state index contributed by atoms with van der Waals surface area (Å²) in [6.45, 7) is 4.58. The van der Waals surface area contributed by atoms with Gasteiger partial charge in [0.25, 0.3) is 0 Å². The Bertz CT molecular complexity index is 992. The number of benzene rings is 2. The Hall–Kier alpha value is -2.35. The van der Waals surface area contributed by atoms with Crippen LogP contribution >= 0.6 is 11.6 Å². The average Bonchev–Trinajstić information content (AvgIpc) is 2.74. The van der Waals surface area contributed by atoms with E-state index in [0.29, 0.717) is 48.0 Å². The second kappa shape index (κ2) is 10.1. The van der Waals surface area contributed by atoms with Crippen LogP contribution in [0.2, 0.25) is 5.02 Å². The summed E-state index contributed by atoms with van der Waals surface area (Å²) in [5.41, 5.74) is 1.28. The van der Waals surface area contributed by atoms with Gasteiger partial charge in [-0.2, -0.15) is 0 Å². The summed E-state index contributed by atoms with van der Waals surface area (Å²) in [5.74, 6) is -0.0800. The van der Waals surface area contributed by atoms with Gasteiger partial charge < -0.3 is 10.1 Å². The van der Waals surface area contributed by atoms with Crippen molar-refractivity contribution in [1.29, 1.82) is 0 Å². The zero-order valence-electron chi connectivity index (χ0n) is 16.6. The third kappa shape index (κ3) is 6.08. The summed E-state index contributed by atoms with van der Waals surface area (Å²) < 4.78 is 32.6. The number of nitrogens with zero attached hydrogens (tertiary/aromatic N) is 1. The minimum absolute atomic E-state index is 0.110. The van der Waals surface area contributed by atoms with Crippen LogP contribution in [0.3, 0.4) is 0 Å². The molecule has 1 atom stereocenters. The molecule has 0 bridgehead atoms. The molecule has 8 heteroatoms. The Morgan fingerprint density at radius 2 is 2.03 bits per heavy atom. The van der Waals surface area contributed by atoms with E-state index in [9.17, 15) is 13.2 Å². The van der Waals surface area contributed by atoms with Crippen molar-refractivity contribution in [2.75, 3.05) is 25.0 Å². The van der Waals surface area contributed by atoms with Crippen LogP contribution in [-0.2, 0) is 20.6 Å². The number of rotatable bonds is 8. The Morgan fingerprint density at radius 1 is 1.27 bits per heavy atom. The Morgan fingerprint density at radius 3 is 2.77 bits per heavy atom. The Balaban J connectivity index is 1.63. The third-order valence-electron chi connectivity index (χ3n) is 4.88. The first-order valence-electron chi connectivity index (χ1n) is 9.74. The molecule has 3 rings (SSSR count). The first-order chi connectivity index (χ1) is 14.4. The van der Waals surface area contributed by atoms with E-state index >= 15 is 0 Å².